The average Bonchev–Trinajstić information content (AvgIpc) is 3.54. The number of fused-ring (bicyclic) bond motifs is 2. The van der Waals surface area contributed by atoms with Gasteiger partial charge in [-0.1, -0.05) is 30.7 Å². The normalized spacial score (nSPS) is 23.0. The van der Waals surface area contributed by atoms with Crippen molar-refractivity contribution < 1.29 is 33.3 Å². The van der Waals surface area contributed by atoms with Crippen LogP contribution in [-0.2, 0) is 9.53 Å². The molecule has 2 aromatic carbocycles. The summed E-state index contributed by atoms with van der Waals surface area (Å²) >= 11 is 6.56. The van der Waals surface area contributed by atoms with Crippen LogP contribution in [-0.4, -0.2) is 59.2 Å². The number of Topliss-reactive ketones (excluding diaryl/α,β-unsaturated/α-hetero) is 2. The van der Waals surface area contributed by atoms with Crippen LogP contribution in [0.25, 0.3) is 0 Å². The molecule has 200 valence electrons. The number of methoxy groups -OCH3 is 3. The maximum atomic E-state index is 14.6. The van der Waals surface area contributed by atoms with Gasteiger partial charge in [0.15, 0.2) is 5.75 Å². The van der Waals surface area contributed by atoms with E-state index in [1.807, 2.05) is 0 Å². The van der Waals surface area contributed by atoms with E-state index >= 15 is 0 Å². The van der Waals surface area contributed by atoms with Crippen molar-refractivity contribution in [2.75, 3.05) is 26.6 Å². The second-order valence-corrected chi connectivity index (χ2v) is 9.84. The molecule has 39 heavy (non-hydrogen) atoms. The lowest BCUT2D eigenvalue weighted by molar-refractivity contribution is -0.130. The van der Waals surface area contributed by atoms with Gasteiger partial charge in [-0.05, 0) is 24.1 Å². The van der Waals surface area contributed by atoms with Crippen LogP contribution in [0, 0.1) is 5.92 Å². The number of aromatic nitrogens is 3. The number of ketones is 2. The number of anilines is 1. The van der Waals surface area contributed by atoms with Crippen molar-refractivity contribution in [2.24, 2.45) is 5.92 Å². The van der Waals surface area contributed by atoms with E-state index in [4.69, 9.17) is 30.5 Å². The molecular weight excluding hydrogens is 528 g/mol. The molecule has 1 N–H and O–H groups in total. The molecule has 3 aliphatic rings. The van der Waals surface area contributed by atoms with E-state index in [1.165, 1.54) is 33.7 Å². The minimum absolute atomic E-state index is 0.0475. The summed E-state index contributed by atoms with van der Waals surface area (Å²) in [4.78, 5) is 45.0. The maximum absolute atomic E-state index is 14.6. The third kappa shape index (κ3) is 3.32. The maximum Gasteiger partial charge on any atom is 0.337 e. The minimum Gasteiger partial charge on any atom is -0.496 e. The predicted molar refractivity (Wildman–Crippen MR) is 138 cm³/mol. The summed E-state index contributed by atoms with van der Waals surface area (Å²) in [5.74, 6) is -1.17. The van der Waals surface area contributed by atoms with E-state index in [0.717, 1.165) is 0 Å². The zero-order valence-corrected chi connectivity index (χ0v) is 22.2. The Morgan fingerprint density at radius 2 is 1.85 bits per heavy atom. The Morgan fingerprint density at radius 3 is 2.51 bits per heavy atom. The van der Waals surface area contributed by atoms with Crippen molar-refractivity contribution in [3.8, 4) is 17.2 Å². The fourth-order valence-corrected chi connectivity index (χ4v) is 5.88. The first kappa shape index (κ1) is 24.9. The zero-order valence-electron chi connectivity index (χ0n) is 21.4. The number of nitrogens with zero attached hydrogens (tertiary/aromatic N) is 3. The Balaban J connectivity index is 1.50. The van der Waals surface area contributed by atoms with E-state index < -0.39 is 35.1 Å². The van der Waals surface area contributed by atoms with E-state index in [-0.39, 0.29) is 27.8 Å². The van der Waals surface area contributed by atoms with Crippen LogP contribution in [0.15, 0.2) is 47.9 Å². The molecule has 3 heterocycles. The first-order valence-corrected chi connectivity index (χ1v) is 12.5. The number of nitrogens with one attached hydrogen (secondary N) is 1. The molecule has 1 aliphatic carbocycles. The second-order valence-electron chi connectivity index (χ2n) is 9.46. The second kappa shape index (κ2) is 8.84. The Labute approximate surface area is 227 Å². The number of hydrogen-bond acceptors (Lipinski definition) is 10. The minimum atomic E-state index is -1.88. The standard InChI is InChI=1S/C27H23ClN4O7/c1-12-9-15-18(21(32-26(31-15)29-11-30-32)13-5-7-14(8-6-13)25(35)38-4)23(33)27(12)24(34)19-16(36-2)10-17(37-3)20(28)22(19)39-27/h5-8,10-12,21H,9H2,1-4H3,(H,29,30,31)/t12-,21+,27+/m1/s1. The first-order valence-electron chi connectivity index (χ1n) is 12.1. The van der Waals surface area contributed by atoms with Crippen LogP contribution in [0.3, 0.4) is 0 Å². The molecule has 1 aromatic heterocycles. The van der Waals surface area contributed by atoms with Gasteiger partial charge in [0.05, 0.1) is 26.9 Å². The largest absolute Gasteiger partial charge is 0.496 e. The molecule has 3 aromatic rings. The topological polar surface area (TPSA) is 131 Å². The number of esters is 1. The lowest BCUT2D eigenvalue weighted by Crippen LogP contribution is -2.58. The number of rotatable bonds is 4. The highest BCUT2D eigenvalue weighted by Gasteiger charge is 2.63. The van der Waals surface area contributed by atoms with Crippen LogP contribution in [0.5, 0.6) is 17.2 Å². The van der Waals surface area contributed by atoms with Gasteiger partial charge in [-0.3, -0.25) is 9.59 Å². The quantitative estimate of drug-likeness (QED) is 0.379. The summed E-state index contributed by atoms with van der Waals surface area (Å²) in [5, 5.41) is 7.64. The van der Waals surface area contributed by atoms with Gasteiger partial charge in [-0.25, -0.2) is 9.48 Å². The molecule has 0 saturated heterocycles. The van der Waals surface area contributed by atoms with Gasteiger partial charge in [0.25, 0.3) is 0 Å². The summed E-state index contributed by atoms with van der Waals surface area (Å²) < 4.78 is 23.5. The Hall–Kier alpha value is -4.38. The van der Waals surface area contributed by atoms with Gasteiger partial charge in [-0.2, -0.15) is 10.1 Å². The number of halogens is 1. The number of benzene rings is 2. The van der Waals surface area contributed by atoms with Gasteiger partial charge in [-0.15, -0.1) is 0 Å². The summed E-state index contributed by atoms with van der Waals surface area (Å²) in [6.07, 6.45) is 1.69. The van der Waals surface area contributed by atoms with Crippen LogP contribution in [0.4, 0.5) is 5.95 Å². The molecule has 12 heteroatoms. The van der Waals surface area contributed by atoms with Crippen molar-refractivity contribution in [3.63, 3.8) is 0 Å². The first-order chi connectivity index (χ1) is 18.8. The highest BCUT2D eigenvalue weighted by atomic mass is 35.5. The number of ether oxygens (including phenoxy) is 4. The number of carbonyl (C=O) groups is 3. The third-order valence-electron chi connectivity index (χ3n) is 7.53. The molecule has 0 bridgehead atoms. The average molecular weight is 551 g/mol. The van der Waals surface area contributed by atoms with Gasteiger partial charge in [0.1, 0.15) is 34.5 Å². The molecule has 11 nitrogen and oxygen atoms in total. The molecule has 0 fully saturated rings. The monoisotopic (exact) mass is 550 g/mol. The van der Waals surface area contributed by atoms with Crippen LogP contribution in [0.1, 0.15) is 45.7 Å². The fraction of sp³-hybridized carbons (Fsp3) is 0.296. The van der Waals surface area contributed by atoms with Crippen molar-refractivity contribution >= 4 is 35.1 Å². The van der Waals surface area contributed by atoms with E-state index in [9.17, 15) is 14.4 Å². The van der Waals surface area contributed by atoms with Crippen molar-refractivity contribution in [3.05, 3.63) is 69.6 Å². The summed E-state index contributed by atoms with van der Waals surface area (Å²) in [7, 11) is 4.15. The molecule has 0 unspecified atom stereocenters. The van der Waals surface area contributed by atoms with Gasteiger partial charge < -0.3 is 24.3 Å². The van der Waals surface area contributed by atoms with Gasteiger partial charge in [0.2, 0.25) is 23.1 Å². The lowest BCUT2D eigenvalue weighted by atomic mass is 9.69. The summed E-state index contributed by atoms with van der Waals surface area (Å²) in [6, 6.07) is 7.40. The van der Waals surface area contributed by atoms with Crippen molar-refractivity contribution in [1.29, 1.82) is 0 Å². The van der Waals surface area contributed by atoms with E-state index in [1.54, 1.807) is 35.9 Å². The third-order valence-corrected chi connectivity index (χ3v) is 7.89. The Bertz CT molecular complexity index is 1600. The van der Waals surface area contributed by atoms with Gasteiger partial charge in [0, 0.05) is 23.3 Å². The molecule has 1 spiro atoms. The number of carbonyl (C=O) groups excluding carboxylic acids is 3. The SMILES string of the molecule is COC(=O)c1ccc([C@H]2C3=C(C[C@@H](C)[C@]4(Oc5c(Cl)c(OC)cc(OC)c5C4=O)C3=O)Nc3ncnn32)cc1. The predicted octanol–water partition coefficient (Wildman–Crippen LogP) is 3.63. The summed E-state index contributed by atoms with van der Waals surface area (Å²) in [5.41, 5.74) is 0.139. The van der Waals surface area contributed by atoms with E-state index in [0.29, 0.717) is 34.8 Å². The summed E-state index contributed by atoms with van der Waals surface area (Å²) in [6.45, 7) is 1.78. The zero-order chi connectivity index (χ0) is 27.6. The fourth-order valence-electron chi connectivity index (χ4n) is 5.62. The highest BCUT2D eigenvalue weighted by Crippen LogP contribution is 2.55. The Morgan fingerprint density at radius 1 is 1.13 bits per heavy atom. The molecule has 2 aliphatic heterocycles. The van der Waals surface area contributed by atoms with Crippen molar-refractivity contribution in [2.45, 2.75) is 25.0 Å². The van der Waals surface area contributed by atoms with Crippen LogP contribution < -0.4 is 19.5 Å². The molecule has 0 amide bonds. The highest BCUT2D eigenvalue weighted by molar-refractivity contribution is 6.36. The number of allylic oxidation sites excluding steroid dienone is 1. The molecular formula is C27H23ClN4O7. The lowest BCUT2D eigenvalue weighted by Gasteiger charge is -2.41. The van der Waals surface area contributed by atoms with Crippen molar-refractivity contribution in [1.82, 2.24) is 14.8 Å². The van der Waals surface area contributed by atoms with Crippen LogP contribution >= 0.6 is 11.6 Å². The molecule has 3 atom stereocenters. The van der Waals surface area contributed by atoms with Gasteiger partial charge >= 0.3 is 5.97 Å². The molecule has 6 rings (SSSR count). The number of hydrogen-bond donors (Lipinski definition) is 1. The molecule has 0 radical (unpaired) electrons. The Kier molecular flexibility index (Phi) is 5.65. The molecule has 0 saturated carbocycles. The smallest absolute Gasteiger partial charge is 0.337 e. The van der Waals surface area contributed by atoms with Crippen LogP contribution in [0.2, 0.25) is 5.02 Å². The van der Waals surface area contributed by atoms with E-state index in [2.05, 4.69) is 15.4 Å².